The third-order valence-corrected chi connectivity index (χ3v) is 2.60. The number of halogens is 2. The molecule has 63 valence electrons. The Hall–Kier alpha value is 0.774. The van der Waals surface area contributed by atoms with Crippen LogP contribution in [0.1, 0.15) is 26.7 Å². The monoisotopic (exact) mass is 227 g/mol. The Bertz CT molecular complexity index is 183. The van der Waals surface area contributed by atoms with Crippen molar-refractivity contribution in [3.63, 3.8) is 0 Å². The SMILES string of the molecule is CCC1=[C]([Ti])CC=C1C.Cl.Cl. The average molecular weight is 228 g/mol. The molecule has 0 saturated carbocycles. The second-order valence-corrected chi connectivity index (χ2v) is 3.34. The molecule has 0 aromatic carbocycles. The van der Waals surface area contributed by atoms with E-state index in [9.17, 15) is 0 Å². The van der Waals surface area contributed by atoms with E-state index in [1.807, 2.05) is 0 Å². The molecule has 3 heteroatoms. The zero-order valence-corrected chi connectivity index (χ0v) is 10.0. The molecule has 0 amide bonds. The number of hydrogen-bond donors (Lipinski definition) is 0. The number of rotatable bonds is 1. The first-order valence-corrected chi connectivity index (χ1v) is 4.14. The summed E-state index contributed by atoms with van der Waals surface area (Å²) in [6, 6.07) is 0. The van der Waals surface area contributed by atoms with Crippen molar-refractivity contribution in [3.8, 4) is 0 Å². The minimum absolute atomic E-state index is 0. The molecule has 0 radical (unpaired) electrons. The van der Waals surface area contributed by atoms with Gasteiger partial charge in [0, 0.05) is 0 Å². The fourth-order valence-corrected chi connectivity index (χ4v) is 1.98. The van der Waals surface area contributed by atoms with Crippen molar-refractivity contribution < 1.29 is 20.4 Å². The number of allylic oxidation sites excluding steroid dienone is 4. The predicted molar refractivity (Wildman–Crippen MR) is 50.2 cm³/mol. The van der Waals surface area contributed by atoms with E-state index in [0.29, 0.717) is 0 Å². The molecule has 0 nitrogen and oxygen atoms in total. The standard InChI is InChI=1S/C8H11.2ClH.Ti/c1-3-8-6-4-5-7(8)2;;;/h5H,3-4H2,1-2H3;2*1H;. The Balaban J connectivity index is 0. The summed E-state index contributed by atoms with van der Waals surface area (Å²) in [6.45, 7) is 4.43. The Labute approximate surface area is 92.7 Å². The van der Waals surface area contributed by atoms with Gasteiger partial charge in [-0.15, -0.1) is 24.8 Å². The molecule has 0 bridgehead atoms. The minimum Gasteiger partial charge on any atom is -0.147 e. The molecule has 0 fully saturated rings. The first kappa shape index (κ1) is 14.3. The predicted octanol–water partition coefficient (Wildman–Crippen LogP) is 3.39. The van der Waals surface area contributed by atoms with Gasteiger partial charge in [0.25, 0.3) is 0 Å². The van der Waals surface area contributed by atoms with E-state index >= 15 is 0 Å². The smallest absolute Gasteiger partial charge is 0.147 e. The van der Waals surface area contributed by atoms with Crippen LogP contribution < -0.4 is 0 Å². The Morgan fingerprint density at radius 2 is 2.00 bits per heavy atom. The molecular formula is C8H13Cl2Ti. The topological polar surface area (TPSA) is 0 Å². The van der Waals surface area contributed by atoms with E-state index in [2.05, 4.69) is 40.4 Å². The molecule has 11 heavy (non-hydrogen) atoms. The van der Waals surface area contributed by atoms with Gasteiger partial charge in [0.2, 0.25) is 0 Å². The maximum Gasteiger partial charge on any atom is -0.147 e. The average Bonchev–Trinajstić information content (AvgIpc) is 2.12. The van der Waals surface area contributed by atoms with Gasteiger partial charge in [-0.25, -0.2) is 0 Å². The molecule has 0 aliphatic heterocycles. The van der Waals surface area contributed by atoms with Crippen LogP contribution in [0.5, 0.6) is 0 Å². The van der Waals surface area contributed by atoms with Crippen LogP contribution in [-0.4, -0.2) is 0 Å². The Morgan fingerprint density at radius 1 is 1.45 bits per heavy atom. The first-order chi connectivity index (χ1) is 4.25. The largest absolute Gasteiger partial charge is 0.147 e. The summed E-state index contributed by atoms with van der Waals surface area (Å²) in [5.41, 5.74) is 3.07. The summed E-state index contributed by atoms with van der Waals surface area (Å²) >= 11 is 2.23. The molecular weight excluding hydrogens is 215 g/mol. The summed E-state index contributed by atoms with van der Waals surface area (Å²) in [5.74, 6) is 0. The molecule has 0 aromatic heterocycles. The normalized spacial score (nSPS) is 15.2. The molecule has 0 saturated heterocycles. The van der Waals surface area contributed by atoms with Crippen LogP contribution in [0.4, 0.5) is 0 Å². The Morgan fingerprint density at radius 3 is 2.18 bits per heavy atom. The molecule has 0 aromatic rings. The van der Waals surface area contributed by atoms with Gasteiger partial charge in [-0.1, -0.05) is 0 Å². The quantitative estimate of drug-likeness (QED) is 0.603. The van der Waals surface area contributed by atoms with E-state index in [1.165, 1.54) is 18.4 Å². The molecule has 1 aliphatic carbocycles. The van der Waals surface area contributed by atoms with Crippen LogP contribution in [0.15, 0.2) is 21.1 Å². The maximum atomic E-state index is 2.31. The van der Waals surface area contributed by atoms with Crippen LogP contribution in [0, 0.1) is 0 Å². The van der Waals surface area contributed by atoms with E-state index in [1.54, 1.807) is 9.45 Å². The van der Waals surface area contributed by atoms with Crippen molar-refractivity contribution in [2.75, 3.05) is 0 Å². The molecule has 1 rings (SSSR count). The Kier molecular flexibility index (Phi) is 8.20. The van der Waals surface area contributed by atoms with Gasteiger partial charge >= 0.3 is 68.2 Å². The fourth-order valence-electron chi connectivity index (χ4n) is 1.23. The van der Waals surface area contributed by atoms with Crippen molar-refractivity contribution in [1.82, 2.24) is 0 Å². The van der Waals surface area contributed by atoms with Crippen LogP contribution >= 0.6 is 24.8 Å². The number of hydrogen-bond acceptors (Lipinski definition) is 0. The van der Waals surface area contributed by atoms with Crippen molar-refractivity contribution in [2.24, 2.45) is 0 Å². The minimum atomic E-state index is 0. The van der Waals surface area contributed by atoms with Crippen molar-refractivity contribution >= 4 is 24.8 Å². The van der Waals surface area contributed by atoms with Crippen LogP contribution in [0.3, 0.4) is 0 Å². The van der Waals surface area contributed by atoms with Crippen LogP contribution in [0.25, 0.3) is 0 Å². The zero-order chi connectivity index (χ0) is 6.85. The first-order valence-electron chi connectivity index (χ1n) is 3.36. The summed E-state index contributed by atoms with van der Waals surface area (Å²) in [4.78, 5) is 0. The molecule has 0 unspecified atom stereocenters. The van der Waals surface area contributed by atoms with Crippen LogP contribution in [-0.2, 0) is 20.4 Å². The second-order valence-electron chi connectivity index (χ2n) is 2.40. The van der Waals surface area contributed by atoms with E-state index in [-0.39, 0.29) is 24.8 Å². The molecule has 0 heterocycles. The third kappa shape index (κ3) is 3.33. The zero-order valence-electron chi connectivity index (χ0n) is 6.81. The maximum absolute atomic E-state index is 2.31. The summed E-state index contributed by atoms with van der Waals surface area (Å²) in [7, 11) is 0. The molecule has 0 N–H and O–H groups in total. The van der Waals surface area contributed by atoms with E-state index in [4.69, 9.17) is 0 Å². The molecule has 0 spiro atoms. The van der Waals surface area contributed by atoms with Gasteiger partial charge in [0.05, 0.1) is 0 Å². The van der Waals surface area contributed by atoms with Gasteiger partial charge in [0.15, 0.2) is 0 Å². The van der Waals surface area contributed by atoms with Crippen molar-refractivity contribution in [1.29, 1.82) is 0 Å². The van der Waals surface area contributed by atoms with E-state index in [0.717, 1.165) is 0 Å². The molecule has 0 atom stereocenters. The van der Waals surface area contributed by atoms with Gasteiger partial charge in [0.1, 0.15) is 0 Å². The van der Waals surface area contributed by atoms with E-state index < -0.39 is 0 Å². The van der Waals surface area contributed by atoms with Crippen molar-refractivity contribution in [2.45, 2.75) is 26.7 Å². The molecule has 1 aliphatic rings. The van der Waals surface area contributed by atoms with Crippen molar-refractivity contribution in [3.05, 3.63) is 21.1 Å². The summed E-state index contributed by atoms with van der Waals surface area (Å²) in [6.07, 6.45) is 4.71. The summed E-state index contributed by atoms with van der Waals surface area (Å²) < 4.78 is 1.56. The van der Waals surface area contributed by atoms with Crippen LogP contribution in [0.2, 0.25) is 0 Å². The summed E-state index contributed by atoms with van der Waals surface area (Å²) in [5, 5.41) is 0. The third-order valence-electron chi connectivity index (χ3n) is 1.81. The fraction of sp³-hybridized carbons (Fsp3) is 0.500. The van der Waals surface area contributed by atoms with Gasteiger partial charge in [-0.3, -0.25) is 0 Å². The van der Waals surface area contributed by atoms with Gasteiger partial charge in [-0.05, 0) is 0 Å². The second kappa shape index (κ2) is 6.31. The van der Waals surface area contributed by atoms with Gasteiger partial charge < -0.3 is 0 Å². The van der Waals surface area contributed by atoms with Gasteiger partial charge in [-0.2, -0.15) is 0 Å².